The largest absolute Gasteiger partial charge is 0.297 e. The second-order valence-electron chi connectivity index (χ2n) is 4.44. The molecule has 15 heavy (non-hydrogen) atoms. The van der Waals surface area contributed by atoms with E-state index in [0.717, 1.165) is 6.54 Å². The fraction of sp³-hybridized carbons (Fsp3) is 0.615. The number of pyridine rings is 1. The minimum absolute atomic E-state index is 0.608. The number of aryl methyl sites for hydroxylation is 1. The monoisotopic (exact) mass is 204 g/mol. The molecule has 0 unspecified atom stereocenters. The van der Waals surface area contributed by atoms with E-state index in [1.54, 1.807) is 0 Å². The van der Waals surface area contributed by atoms with E-state index in [-0.39, 0.29) is 0 Å². The number of aromatic nitrogens is 1. The second kappa shape index (κ2) is 4.75. The standard InChI is InChI=1S/C13H20N2/c1-3-15-7-5-4-6-13(15)12-8-11(2)9-14-10-12/h8-10,13H,3-7H2,1-2H3/t13-/m1/s1. The van der Waals surface area contributed by atoms with Crippen molar-refractivity contribution in [1.29, 1.82) is 0 Å². The molecule has 2 nitrogen and oxygen atoms in total. The van der Waals surface area contributed by atoms with Gasteiger partial charge in [-0.25, -0.2) is 0 Å². The highest BCUT2D eigenvalue weighted by Gasteiger charge is 2.22. The van der Waals surface area contributed by atoms with E-state index in [1.165, 1.54) is 36.9 Å². The summed E-state index contributed by atoms with van der Waals surface area (Å²) in [5.74, 6) is 0. The van der Waals surface area contributed by atoms with Gasteiger partial charge in [0, 0.05) is 18.4 Å². The number of likely N-dealkylation sites (tertiary alicyclic amines) is 1. The van der Waals surface area contributed by atoms with Crippen molar-refractivity contribution in [3.05, 3.63) is 29.6 Å². The van der Waals surface area contributed by atoms with E-state index >= 15 is 0 Å². The van der Waals surface area contributed by atoms with Gasteiger partial charge in [-0.1, -0.05) is 19.4 Å². The molecule has 0 saturated carbocycles. The lowest BCUT2D eigenvalue weighted by atomic mass is 9.96. The van der Waals surface area contributed by atoms with Crippen molar-refractivity contribution in [3.63, 3.8) is 0 Å². The second-order valence-corrected chi connectivity index (χ2v) is 4.44. The molecule has 0 aromatic carbocycles. The number of piperidine rings is 1. The van der Waals surface area contributed by atoms with Crippen LogP contribution in [0.1, 0.15) is 43.4 Å². The average Bonchev–Trinajstić information content (AvgIpc) is 2.29. The van der Waals surface area contributed by atoms with E-state index in [4.69, 9.17) is 0 Å². The summed E-state index contributed by atoms with van der Waals surface area (Å²) in [7, 11) is 0. The third-order valence-corrected chi connectivity index (χ3v) is 3.30. The van der Waals surface area contributed by atoms with E-state index in [9.17, 15) is 0 Å². The van der Waals surface area contributed by atoms with Crippen molar-refractivity contribution >= 4 is 0 Å². The summed E-state index contributed by atoms with van der Waals surface area (Å²) < 4.78 is 0. The van der Waals surface area contributed by atoms with Crippen molar-refractivity contribution in [2.75, 3.05) is 13.1 Å². The third-order valence-electron chi connectivity index (χ3n) is 3.30. The normalized spacial score (nSPS) is 22.9. The number of nitrogens with zero attached hydrogens (tertiary/aromatic N) is 2. The Labute approximate surface area is 92.3 Å². The first-order valence-corrected chi connectivity index (χ1v) is 5.97. The number of hydrogen-bond donors (Lipinski definition) is 0. The van der Waals surface area contributed by atoms with Crippen LogP contribution in [0.25, 0.3) is 0 Å². The zero-order chi connectivity index (χ0) is 10.7. The number of hydrogen-bond acceptors (Lipinski definition) is 2. The molecule has 2 heterocycles. The quantitative estimate of drug-likeness (QED) is 0.736. The molecular weight excluding hydrogens is 184 g/mol. The first kappa shape index (κ1) is 10.6. The Hall–Kier alpha value is -0.890. The van der Waals surface area contributed by atoms with Crippen LogP contribution in [0.4, 0.5) is 0 Å². The molecule has 2 rings (SSSR count). The molecule has 1 aromatic rings. The van der Waals surface area contributed by atoms with Crippen molar-refractivity contribution in [3.8, 4) is 0 Å². The average molecular weight is 204 g/mol. The maximum absolute atomic E-state index is 4.30. The Balaban J connectivity index is 2.20. The summed E-state index contributed by atoms with van der Waals surface area (Å²) in [4.78, 5) is 6.87. The molecule has 1 aliphatic heterocycles. The van der Waals surface area contributed by atoms with Gasteiger partial charge >= 0.3 is 0 Å². The lowest BCUT2D eigenvalue weighted by molar-refractivity contribution is 0.157. The van der Waals surface area contributed by atoms with Gasteiger partial charge in [-0.3, -0.25) is 9.88 Å². The van der Waals surface area contributed by atoms with Gasteiger partial charge < -0.3 is 0 Å². The summed E-state index contributed by atoms with van der Waals surface area (Å²) in [6.07, 6.45) is 7.96. The van der Waals surface area contributed by atoms with Crippen LogP contribution in [0.5, 0.6) is 0 Å². The van der Waals surface area contributed by atoms with Gasteiger partial charge in [0.1, 0.15) is 0 Å². The molecule has 0 spiro atoms. The van der Waals surface area contributed by atoms with Crippen LogP contribution in [-0.4, -0.2) is 23.0 Å². The zero-order valence-electron chi connectivity index (χ0n) is 9.74. The molecule has 1 saturated heterocycles. The first-order chi connectivity index (χ1) is 7.31. The van der Waals surface area contributed by atoms with Gasteiger partial charge in [0.2, 0.25) is 0 Å². The Kier molecular flexibility index (Phi) is 3.37. The topological polar surface area (TPSA) is 16.1 Å². The van der Waals surface area contributed by atoms with Crippen molar-refractivity contribution in [2.24, 2.45) is 0 Å². The van der Waals surface area contributed by atoms with E-state index < -0.39 is 0 Å². The predicted molar refractivity (Wildman–Crippen MR) is 62.8 cm³/mol. The maximum atomic E-state index is 4.30. The fourth-order valence-corrected chi connectivity index (χ4v) is 2.51. The summed E-state index contributed by atoms with van der Waals surface area (Å²) >= 11 is 0. The molecule has 0 bridgehead atoms. The smallest absolute Gasteiger partial charge is 0.0363 e. The van der Waals surface area contributed by atoms with Gasteiger partial charge in [-0.05, 0) is 44.0 Å². The van der Waals surface area contributed by atoms with Crippen molar-refractivity contribution in [1.82, 2.24) is 9.88 Å². The van der Waals surface area contributed by atoms with E-state index in [2.05, 4.69) is 29.8 Å². The van der Waals surface area contributed by atoms with Gasteiger partial charge in [-0.2, -0.15) is 0 Å². The SMILES string of the molecule is CCN1CCCC[C@@H]1c1cncc(C)c1. The van der Waals surface area contributed by atoms with Gasteiger partial charge in [0.15, 0.2) is 0 Å². The molecule has 1 fully saturated rings. The number of rotatable bonds is 2. The van der Waals surface area contributed by atoms with Crippen LogP contribution < -0.4 is 0 Å². The molecule has 1 aromatic heterocycles. The highest BCUT2D eigenvalue weighted by molar-refractivity contribution is 5.20. The van der Waals surface area contributed by atoms with Crippen LogP contribution in [0.2, 0.25) is 0 Å². The minimum Gasteiger partial charge on any atom is -0.297 e. The van der Waals surface area contributed by atoms with E-state index in [1.807, 2.05) is 12.4 Å². The molecule has 0 N–H and O–H groups in total. The van der Waals surface area contributed by atoms with E-state index in [0.29, 0.717) is 6.04 Å². The highest BCUT2D eigenvalue weighted by atomic mass is 15.2. The molecular formula is C13H20N2. The van der Waals surface area contributed by atoms with Crippen LogP contribution in [0, 0.1) is 6.92 Å². The Morgan fingerprint density at radius 3 is 3.00 bits per heavy atom. The Morgan fingerprint density at radius 1 is 1.40 bits per heavy atom. The molecule has 0 amide bonds. The molecule has 0 radical (unpaired) electrons. The first-order valence-electron chi connectivity index (χ1n) is 5.97. The van der Waals surface area contributed by atoms with Crippen LogP contribution in [0.15, 0.2) is 18.5 Å². The summed E-state index contributed by atoms with van der Waals surface area (Å²) in [6.45, 7) is 6.77. The Bertz CT molecular complexity index is 322. The zero-order valence-corrected chi connectivity index (χ0v) is 9.74. The third kappa shape index (κ3) is 2.37. The maximum Gasteiger partial charge on any atom is 0.0363 e. The molecule has 2 heteroatoms. The predicted octanol–water partition coefficient (Wildman–Crippen LogP) is 2.94. The van der Waals surface area contributed by atoms with Crippen LogP contribution in [0.3, 0.4) is 0 Å². The lowest BCUT2D eigenvalue weighted by Crippen LogP contribution is -2.33. The molecule has 82 valence electrons. The van der Waals surface area contributed by atoms with Crippen LogP contribution >= 0.6 is 0 Å². The minimum atomic E-state index is 0.608. The Morgan fingerprint density at radius 2 is 2.27 bits per heavy atom. The van der Waals surface area contributed by atoms with Crippen molar-refractivity contribution in [2.45, 2.75) is 39.2 Å². The fourth-order valence-electron chi connectivity index (χ4n) is 2.51. The summed E-state index contributed by atoms with van der Waals surface area (Å²) in [5.41, 5.74) is 2.67. The van der Waals surface area contributed by atoms with Gasteiger partial charge in [0.05, 0.1) is 0 Å². The molecule has 0 aliphatic carbocycles. The van der Waals surface area contributed by atoms with Crippen molar-refractivity contribution < 1.29 is 0 Å². The summed E-state index contributed by atoms with van der Waals surface area (Å²) in [6, 6.07) is 2.89. The van der Waals surface area contributed by atoms with Gasteiger partial charge in [-0.15, -0.1) is 0 Å². The molecule has 1 aliphatic rings. The van der Waals surface area contributed by atoms with Crippen LogP contribution in [-0.2, 0) is 0 Å². The summed E-state index contributed by atoms with van der Waals surface area (Å²) in [5, 5.41) is 0. The molecule has 1 atom stereocenters. The highest BCUT2D eigenvalue weighted by Crippen LogP contribution is 2.30. The van der Waals surface area contributed by atoms with Gasteiger partial charge in [0.25, 0.3) is 0 Å². The lowest BCUT2D eigenvalue weighted by Gasteiger charge is -2.35.